The zero-order valence-corrected chi connectivity index (χ0v) is 17.3. The second-order valence-corrected chi connectivity index (χ2v) is 7.24. The van der Waals surface area contributed by atoms with E-state index in [0.29, 0.717) is 23.1 Å². The van der Waals surface area contributed by atoms with Gasteiger partial charge in [0.25, 0.3) is 11.8 Å². The molecule has 2 aromatic carbocycles. The lowest BCUT2D eigenvalue weighted by atomic mass is 10.2. The van der Waals surface area contributed by atoms with Crippen molar-refractivity contribution in [3.63, 3.8) is 0 Å². The molecule has 30 heavy (non-hydrogen) atoms. The maximum absolute atomic E-state index is 12.1. The number of halogens is 1. The van der Waals surface area contributed by atoms with Gasteiger partial charge in [0, 0.05) is 25.3 Å². The number of hydrogen-bond acceptors (Lipinski definition) is 5. The highest BCUT2D eigenvalue weighted by molar-refractivity contribution is 6.32. The van der Waals surface area contributed by atoms with Gasteiger partial charge in [0.2, 0.25) is 0 Å². The SMILES string of the molecule is O=C(COc1ccccc1Cl)NCc1ccccc1OCC(=O)NCC1CCCO1. The first-order chi connectivity index (χ1) is 14.6. The minimum Gasteiger partial charge on any atom is -0.483 e. The molecule has 1 aliphatic heterocycles. The zero-order valence-electron chi connectivity index (χ0n) is 16.6. The van der Waals surface area contributed by atoms with Crippen molar-refractivity contribution in [1.82, 2.24) is 10.6 Å². The van der Waals surface area contributed by atoms with Crippen molar-refractivity contribution < 1.29 is 23.8 Å². The van der Waals surface area contributed by atoms with Crippen LogP contribution in [0.5, 0.6) is 11.5 Å². The largest absolute Gasteiger partial charge is 0.483 e. The Balaban J connectivity index is 1.42. The van der Waals surface area contributed by atoms with Crippen LogP contribution in [0.3, 0.4) is 0 Å². The Morgan fingerprint density at radius 3 is 2.37 bits per heavy atom. The van der Waals surface area contributed by atoms with E-state index in [-0.39, 0.29) is 37.7 Å². The first-order valence-electron chi connectivity index (χ1n) is 9.85. The summed E-state index contributed by atoms with van der Waals surface area (Å²) in [6.45, 7) is 1.23. The van der Waals surface area contributed by atoms with Crippen molar-refractivity contribution >= 4 is 23.4 Å². The Hall–Kier alpha value is -2.77. The molecule has 2 N–H and O–H groups in total. The Kier molecular flexibility index (Phi) is 8.35. The van der Waals surface area contributed by atoms with Crippen molar-refractivity contribution in [2.75, 3.05) is 26.4 Å². The molecular formula is C22H25ClN2O5. The van der Waals surface area contributed by atoms with Crippen LogP contribution in [0.15, 0.2) is 48.5 Å². The van der Waals surface area contributed by atoms with Gasteiger partial charge in [-0.2, -0.15) is 0 Å². The number of benzene rings is 2. The number of amides is 2. The Morgan fingerprint density at radius 1 is 0.967 bits per heavy atom. The molecule has 160 valence electrons. The van der Waals surface area contributed by atoms with Gasteiger partial charge in [0.15, 0.2) is 13.2 Å². The van der Waals surface area contributed by atoms with E-state index in [0.717, 1.165) is 25.0 Å². The lowest BCUT2D eigenvalue weighted by Crippen LogP contribution is -2.35. The number of carbonyl (C=O) groups is 2. The van der Waals surface area contributed by atoms with Crippen LogP contribution in [-0.4, -0.2) is 44.3 Å². The van der Waals surface area contributed by atoms with E-state index >= 15 is 0 Å². The molecule has 0 aliphatic carbocycles. The predicted octanol–water partition coefficient (Wildman–Crippen LogP) is 2.71. The average molecular weight is 433 g/mol. The normalized spacial score (nSPS) is 15.4. The molecule has 3 rings (SSSR count). The fourth-order valence-corrected chi connectivity index (χ4v) is 3.16. The van der Waals surface area contributed by atoms with E-state index in [2.05, 4.69) is 10.6 Å². The minimum absolute atomic E-state index is 0.0874. The van der Waals surface area contributed by atoms with Gasteiger partial charge in [-0.1, -0.05) is 41.9 Å². The number of para-hydroxylation sites is 2. The molecule has 0 aromatic heterocycles. The van der Waals surface area contributed by atoms with Crippen LogP contribution < -0.4 is 20.1 Å². The van der Waals surface area contributed by atoms with E-state index in [1.165, 1.54) is 0 Å². The molecule has 1 aliphatic rings. The van der Waals surface area contributed by atoms with Gasteiger partial charge in [0.1, 0.15) is 11.5 Å². The second kappa shape index (κ2) is 11.4. The maximum atomic E-state index is 12.1. The van der Waals surface area contributed by atoms with Crippen LogP contribution in [-0.2, 0) is 20.9 Å². The fraction of sp³-hybridized carbons (Fsp3) is 0.364. The third-order valence-electron chi connectivity index (χ3n) is 4.55. The zero-order chi connectivity index (χ0) is 21.2. The Morgan fingerprint density at radius 2 is 1.63 bits per heavy atom. The van der Waals surface area contributed by atoms with E-state index in [1.807, 2.05) is 18.2 Å². The van der Waals surface area contributed by atoms with E-state index < -0.39 is 0 Å². The third-order valence-corrected chi connectivity index (χ3v) is 4.87. The van der Waals surface area contributed by atoms with Gasteiger partial charge in [-0.3, -0.25) is 9.59 Å². The first kappa shape index (κ1) is 21.9. The monoisotopic (exact) mass is 432 g/mol. The molecule has 1 fully saturated rings. The second-order valence-electron chi connectivity index (χ2n) is 6.83. The number of nitrogens with one attached hydrogen (secondary N) is 2. The molecular weight excluding hydrogens is 408 g/mol. The molecule has 1 atom stereocenters. The molecule has 8 heteroatoms. The number of rotatable bonds is 10. The molecule has 2 aromatic rings. The third kappa shape index (κ3) is 6.93. The molecule has 1 heterocycles. The van der Waals surface area contributed by atoms with Crippen molar-refractivity contribution in [2.45, 2.75) is 25.5 Å². The van der Waals surface area contributed by atoms with Crippen molar-refractivity contribution in [1.29, 1.82) is 0 Å². The van der Waals surface area contributed by atoms with Crippen molar-refractivity contribution in [3.05, 3.63) is 59.1 Å². The average Bonchev–Trinajstić information content (AvgIpc) is 3.28. The summed E-state index contributed by atoms with van der Waals surface area (Å²) < 4.78 is 16.5. The van der Waals surface area contributed by atoms with Crippen LogP contribution in [0.1, 0.15) is 18.4 Å². The molecule has 1 unspecified atom stereocenters. The number of hydrogen-bond donors (Lipinski definition) is 2. The van der Waals surface area contributed by atoms with Crippen LogP contribution in [0, 0.1) is 0 Å². The lowest BCUT2D eigenvalue weighted by molar-refractivity contribution is -0.124. The number of ether oxygens (including phenoxy) is 3. The van der Waals surface area contributed by atoms with E-state index in [9.17, 15) is 9.59 Å². The minimum atomic E-state index is -0.293. The summed E-state index contributed by atoms with van der Waals surface area (Å²) in [4.78, 5) is 24.1. The van der Waals surface area contributed by atoms with Crippen LogP contribution in [0.25, 0.3) is 0 Å². The fourth-order valence-electron chi connectivity index (χ4n) is 2.97. The molecule has 0 saturated carbocycles. The standard InChI is InChI=1S/C22H25ClN2O5/c23-18-8-2-4-10-20(18)30-15-21(26)24-12-16-6-1-3-9-19(16)29-14-22(27)25-13-17-7-5-11-28-17/h1-4,6,8-10,17H,5,7,11-15H2,(H,24,26)(H,25,27). The van der Waals surface area contributed by atoms with Crippen molar-refractivity contribution in [3.8, 4) is 11.5 Å². The smallest absolute Gasteiger partial charge is 0.258 e. The summed E-state index contributed by atoms with van der Waals surface area (Å²) in [7, 11) is 0. The summed E-state index contributed by atoms with van der Waals surface area (Å²) in [6.07, 6.45) is 2.08. The van der Waals surface area contributed by atoms with Crippen molar-refractivity contribution in [2.24, 2.45) is 0 Å². The van der Waals surface area contributed by atoms with E-state index in [1.54, 1.807) is 30.3 Å². The molecule has 1 saturated heterocycles. The van der Waals surface area contributed by atoms with Crippen LogP contribution in [0.2, 0.25) is 5.02 Å². The highest BCUT2D eigenvalue weighted by Crippen LogP contribution is 2.23. The Bertz CT molecular complexity index is 855. The molecule has 2 amide bonds. The van der Waals surface area contributed by atoms with Gasteiger partial charge in [0.05, 0.1) is 11.1 Å². The molecule has 7 nitrogen and oxygen atoms in total. The summed E-state index contributed by atoms with van der Waals surface area (Å²) in [5.41, 5.74) is 0.760. The summed E-state index contributed by atoms with van der Waals surface area (Å²) in [5.74, 6) is 0.487. The molecule has 0 radical (unpaired) electrons. The van der Waals surface area contributed by atoms with Gasteiger partial charge >= 0.3 is 0 Å². The predicted molar refractivity (Wildman–Crippen MR) is 113 cm³/mol. The first-order valence-corrected chi connectivity index (χ1v) is 10.2. The van der Waals surface area contributed by atoms with Gasteiger partial charge in [-0.05, 0) is 31.0 Å². The maximum Gasteiger partial charge on any atom is 0.258 e. The summed E-state index contributed by atoms with van der Waals surface area (Å²) in [5, 5.41) is 6.04. The Labute approximate surface area is 180 Å². The highest BCUT2D eigenvalue weighted by atomic mass is 35.5. The van der Waals surface area contributed by atoms with Gasteiger partial charge < -0.3 is 24.8 Å². The molecule has 0 spiro atoms. The van der Waals surface area contributed by atoms with Crippen LogP contribution in [0.4, 0.5) is 0 Å². The van der Waals surface area contributed by atoms with Gasteiger partial charge in [-0.25, -0.2) is 0 Å². The van der Waals surface area contributed by atoms with E-state index in [4.69, 9.17) is 25.8 Å². The van der Waals surface area contributed by atoms with Gasteiger partial charge in [-0.15, -0.1) is 0 Å². The number of carbonyl (C=O) groups excluding carboxylic acids is 2. The quantitative estimate of drug-likeness (QED) is 0.603. The summed E-state index contributed by atoms with van der Waals surface area (Å²) >= 11 is 6.01. The topological polar surface area (TPSA) is 85.9 Å². The highest BCUT2D eigenvalue weighted by Gasteiger charge is 2.16. The lowest BCUT2D eigenvalue weighted by Gasteiger charge is -2.14. The van der Waals surface area contributed by atoms with Crippen LogP contribution >= 0.6 is 11.6 Å². The summed E-state index contributed by atoms with van der Waals surface area (Å²) in [6, 6.07) is 14.2. The molecule has 0 bridgehead atoms.